The monoisotopic (exact) mass is 359 g/mol. The van der Waals surface area contributed by atoms with Gasteiger partial charge in [-0.3, -0.25) is 0 Å². The van der Waals surface area contributed by atoms with E-state index in [4.69, 9.17) is 25.5 Å². The molecular weight excluding hydrogens is 337 g/mol. The summed E-state index contributed by atoms with van der Waals surface area (Å²) in [4.78, 5) is 0. The van der Waals surface area contributed by atoms with Crippen molar-refractivity contribution < 1.29 is 13.9 Å². The molecule has 1 N–H and O–H groups in total. The molecule has 0 fully saturated rings. The van der Waals surface area contributed by atoms with E-state index in [-0.39, 0.29) is 12.4 Å². The van der Waals surface area contributed by atoms with Gasteiger partial charge in [0.15, 0.2) is 0 Å². The molecule has 0 aliphatic carbocycles. The maximum absolute atomic E-state index is 6.14. The van der Waals surface area contributed by atoms with Crippen molar-refractivity contribution in [2.45, 2.75) is 19.9 Å². The van der Waals surface area contributed by atoms with Gasteiger partial charge in [0.05, 0.1) is 18.7 Å². The fourth-order valence-electron chi connectivity index (χ4n) is 2.10. The number of furan rings is 1. The summed E-state index contributed by atoms with van der Waals surface area (Å²) in [5, 5.41) is 3.91. The summed E-state index contributed by atoms with van der Waals surface area (Å²) in [6.07, 6.45) is 0.996. The smallest absolute Gasteiger partial charge is 0.137 e. The summed E-state index contributed by atoms with van der Waals surface area (Å²) in [5.41, 5.74) is 0.938. The minimum absolute atomic E-state index is 0. The second kappa shape index (κ2) is 10.6. The maximum atomic E-state index is 6.14. The van der Waals surface area contributed by atoms with Crippen LogP contribution in [0.15, 0.2) is 34.7 Å². The molecule has 0 amide bonds. The van der Waals surface area contributed by atoms with Crippen molar-refractivity contribution >= 4 is 24.0 Å². The molecule has 23 heavy (non-hydrogen) atoms. The zero-order chi connectivity index (χ0) is 15.8. The molecule has 0 bridgehead atoms. The number of hydrogen-bond acceptors (Lipinski definition) is 4. The standard InChI is InChI=1S/C17H22ClNO3.ClH/c1-3-21-10-4-9-19-12-14-6-8-16(22-14)13-5-7-17(20-2)15(18)11-13;/h5-8,11,19H,3-4,9-10,12H2,1-2H3;1H. The molecule has 128 valence electrons. The second-order valence-electron chi connectivity index (χ2n) is 4.84. The van der Waals surface area contributed by atoms with Crippen LogP contribution in [0, 0.1) is 0 Å². The van der Waals surface area contributed by atoms with Crippen LogP contribution in [0.25, 0.3) is 11.3 Å². The highest BCUT2D eigenvalue weighted by atomic mass is 35.5. The molecule has 4 nitrogen and oxygen atoms in total. The van der Waals surface area contributed by atoms with Gasteiger partial charge in [0, 0.05) is 18.8 Å². The predicted octanol–water partition coefficient (Wildman–Crippen LogP) is 4.55. The third-order valence-corrected chi connectivity index (χ3v) is 3.54. The molecule has 0 radical (unpaired) electrons. The Morgan fingerprint density at radius 2 is 2.04 bits per heavy atom. The van der Waals surface area contributed by atoms with Crippen LogP contribution < -0.4 is 10.1 Å². The van der Waals surface area contributed by atoms with Crippen LogP contribution in [-0.4, -0.2) is 26.9 Å². The molecule has 1 heterocycles. The van der Waals surface area contributed by atoms with E-state index in [1.165, 1.54) is 0 Å². The number of hydrogen-bond donors (Lipinski definition) is 1. The average Bonchev–Trinajstić information content (AvgIpc) is 2.99. The van der Waals surface area contributed by atoms with Crippen molar-refractivity contribution in [1.29, 1.82) is 0 Å². The normalized spacial score (nSPS) is 10.4. The van der Waals surface area contributed by atoms with Crippen molar-refractivity contribution in [2.75, 3.05) is 26.9 Å². The molecule has 0 unspecified atom stereocenters. The van der Waals surface area contributed by atoms with Gasteiger partial charge in [-0.25, -0.2) is 0 Å². The number of ether oxygens (including phenoxy) is 2. The van der Waals surface area contributed by atoms with Gasteiger partial charge in [-0.1, -0.05) is 11.6 Å². The quantitative estimate of drug-likeness (QED) is 0.667. The Morgan fingerprint density at radius 1 is 1.22 bits per heavy atom. The number of halogens is 2. The molecular formula is C17H23Cl2NO3. The van der Waals surface area contributed by atoms with E-state index < -0.39 is 0 Å². The predicted molar refractivity (Wildman–Crippen MR) is 95.8 cm³/mol. The Bertz CT molecular complexity index is 587. The lowest BCUT2D eigenvalue weighted by Gasteiger charge is -2.05. The fourth-order valence-corrected chi connectivity index (χ4v) is 2.36. The zero-order valence-electron chi connectivity index (χ0n) is 13.4. The maximum Gasteiger partial charge on any atom is 0.137 e. The summed E-state index contributed by atoms with van der Waals surface area (Å²) in [6.45, 7) is 5.17. The van der Waals surface area contributed by atoms with Crippen LogP contribution in [0.2, 0.25) is 5.02 Å². The molecule has 1 aromatic carbocycles. The molecule has 0 spiro atoms. The molecule has 2 aromatic rings. The largest absolute Gasteiger partial charge is 0.495 e. The van der Waals surface area contributed by atoms with Crippen molar-refractivity contribution in [2.24, 2.45) is 0 Å². The fraction of sp³-hybridized carbons (Fsp3) is 0.412. The van der Waals surface area contributed by atoms with E-state index in [9.17, 15) is 0 Å². The van der Waals surface area contributed by atoms with Crippen molar-refractivity contribution in [3.63, 3.8) is 0 Å². The van der Waals surface area contributed by atoms with Gasteiger partial charge in [0.2, 0.25) is 0 Å². The SMILES string of the molecule is CCOCCCNCc1ccc(-c2ccc(OC)c(Cl)c2)o1.Cl. The highest BCUT2D eigenvalue weighted by Gasteiger charge is 2.08. The topological polar surface area (TPSA) is 43.6 Å². The minimum atomic E-state index is 0. The zero-order valence-corrected chi connectivity index (χ0v) is 15.0. The third-order valence-electron chi connectivity index (χ3n) is 3.24. The van der Waals surface area contributed by atoms with E-state index in [1.54, 1.807) is 7.11 Å². The Morgan fingerprint density at radius 3 is 2.74 bits per heavy atom. The van der Waals surface area contributed by atoms with Crippen molar-refractivity contribution in [1.82, 2.24) is 5.32 Å². The van der Waals surface area contributed by atoms with Gasteiger partial charge in [-0.05, 0) is 50.2 Å². The molecule has 1 aromatic heterocycles. The van der Waals surface area contributed by atoms with Crippen LogP contribution in [-0.2, 0) is 11.3 Å². The third kappa shape index (κ3) is 6.07. The summed E-state index contributed by atoms with van der Waals surface area (Å²) >= 11 is 6.14. The number of methoxy groups -OCH3 is 1. The first-order valence-electron chi connectivity index (χ1n) is 7.45. The van der Waals surface area contributed by atoms with Crippen LogP contribution >= 0.6 is 24.0 Å². The van der Waals surface area contributed by atoms with Gasteiger partial charge in [-0.15, -0.1) is 12.4 Å². The molecule has 0 aliphatic heterocycles. The van der Waals surface area contributed by atoms with Gasteiger partial charge in [0.25, 0.3) is 0 Å². The summed E-state index contributed by atoms with van der Waals surface area (Å²) in [7, 11) is 1.60. The van der Waals surface area contributed by atoms with Crippen LogP contribution in [0.1, 0.15) is 19.1 Å². The van der Waals surface area contributed by atoms with Gasteiger partial charge >= 0.3 is 0 Å². The van der Waals surface area contributed by atoms with Crippen LogP contribution in [0.4, 0.5) is 0 Å². The molecule has 0 saturated carbocycles. The Kier molecular flexibility index (Phi) is 9.10. The Balaban J connectivity index is 0.00000264. The van der Waals surface area contributed by atoms with Gasteiger partial charge < -0.3 is 19.2 Å². The first-order valence-corrected chi connectivity index (χ1v) is 7.83. The highest BCUT2D eigenvalue weighted by Crippen LogP contribution is 2.31. The van der Waals surface area contributed by atoms with E-state index in [2.05, 4.69) is 5.32 Å². The van der Waals surface area contributed by atoms with Gasteiger partial charge in [-0.2, -0.15) is 0 Å². The van der Waals surface area contributed by atoms with E-state index >= 15 is 0 Å². The van der Waals surface area contributed by atoms with Crippen LogP contribution in [0.3, 0.4) is 0 Å². The minimum Gasteiger partial charge on any atom is -0.495 e. The average molecular weight is 360 g/mol. The lowest BCUT2D eigenvalue weighted by atomic mass is 10.2. The lowest BCUT2D eigenvalue weighted by molar-refractivity contribution is 0.144. The van der Waals surface area contributed by atoms with Crippen molar-refractivity contribution in [3.05, 3.63) is 41.1 Å². The molecule has 0 saturated heterocycles. The number of rotatable bonds is 9. The van der Waals surface area contributed by atoms with E-state index in [1.807, 2.05) is 37.3 Å². The highest BCUT2D eigenvalue weighted by molar-refractivity contribution is 6.32. The first kappa shape index (κ1) is 19.8. The van der Waals surface area contributed by atoms with E-state index in [0.29, 0.717) is 17.3 Å². The first-order chi connectivity index (χ1) is 10.7. The number of benzene rings is 1. The Hall–Kier alpha value is -1.20. The van der Waals surface area contributed by atoms with Crippen molar-refractivity contribution in [3.8, 4) is 17.1 Å². The summed E-state index contributed by atoms with van der Waals surface area (Å²) in [6, 6.07) is 9.55. The molecule has 0 atom stereocenters. The second-order valence-corrected chi connectivity index (χ2v) is 5.25. The molecule has 0 aliphatic rings. The number of nitrogens with one attached hydrogen (secondary N) is 1. The molecule has 2 rings (SSSR count). The van der Waals surface area contributed by atoms with Crippen LogP contribution in [0.5, 0.6) is 5.75 Å². The summed E-state index contributed by atoms with van der Waals surface area (Å²) in [5.74, 6) is 2.36. The van der Waals surface area contributed by atoms with E-state index in [0.717, 1.165) is 43.3 Å². The lowest BCUT2D eigenvalue weighted by Crippen LogP contribution is -2.15. The Labute approximate surface area is 148 Å². The molecule has 6 heteroatoms. The summed E-state index contributed by atoms with van der Waals surface area (Å²) < 4.78 is 16.3. The van der Waals surface area contributed by atoms with Gasteiger partial charge in [0.1, 0.15) is 17.3 Å².